The first-order valence-electron chi connectivity index (χ1n) is 6.86. The highest BCUT2D eigenvalue weighted by Crippen LogP contribution is 2.27. The van der Waals surface area contributed by atoms with Crippen molar-refractivity contribution in [3.8, 4) is 11.5 Å². The number of nitrogens with one attached hydrogen (secondary N) is 1. The predicted octanol–water partition coefficient (Wildman–Crippen LogP) is 1.32. The molecule has 1 aliphatic carbocycles. The molecule has 0 aliphatic heterocycles. The minimum Gasteiger partial charge on any atom is -0.480 e. The van der Waals surface area contributed by atoms with E-state index in [-0.39, 0.29) is 11.6 Å². The smallest absolute Gasteiger partial charge is 0.323 e. The minimum absolute atomic E-state index is 0.0662. The standard InChI is InChI=1S/C15H14N2O5/c18-13(19)8-17(9-3-4-9)15(21)10-5-6-11(16-14(10)20)12-2-1-7-22-12/h1-2,5-7,9H,3-4,8H2,(H,16,20)(H,18,19). The van der Waals surface area contributed by atoms with Gasteiger partial charge in [-0.25, -0.2) is 0 Å². The highest BCUT2D eigenvalue weighted by Gasteiger charge is 2.35. The molecule has 2 N–H and O–H groups in total. The molecule has 2 heterocycles. The van der Waals surface area contributed by atoms with Crippen molar-refractivity contribution >= 4 is 11.9 Å². The number of hydrogen-bond donors (Lipinski definition) is 2. The van der Waals surface area contributed by atoms with Crippen molar-refractivity contribution in [3.63, 3.8) is 0 Å². The number of furan rings is 1. The van der Waals surface area contributed by atoms with E-state index in [1.165, 1.54) is 17.2 Å². The predicted molar refractivity (Wildman–Crippen MR) is 76.5 cm³/mol. The topological polar surface area (TPSA) is 104 Å². The van der Waals surface area contributed by atoms with Crippen LogP contribution in [0.1, 0.15) is 23.2 Å². The first-order valence-corrected chi connectivity index (χ1v) is 6.86. The van der Waals surface area contributed by atoms with Crippen LogP contribution in [0.15, 0.2) is 39.7 Å². The van der Waals surface area contributed by atoms with Crippen molar-refractivity contribution in [3.05, 3.63) is 46.4 Å². The zero-order chi connectivity index (χ0) is 15.7. The van der Waals surface area contributed by atoms with Crippen molar-refractivity contribution in [2.45, 2.75) is 18.9 Å². The number of nitrogens with zero attached hydrogens (tertiary/aromatic N) is 1. The maximum absolute atomic E-state index is 12.4. The van der Waals surface area contributed by atoms with E-state index in [9.17, 15) is 14.4 Å². The van der Waals surface area contributed by atoms with E-state index in [4.69, 9.17) is 9.52 Å². The van der Waals surface area contributed by atoms with Gasteiger partial charge in [0.05, 0.1) is 12.0 Å². The second-order valence-electron chi connectivity index (χ2n) is 5.15. The van der Waals surface area contributed by atoms with Gasteiger partial charge in [0.1, 0.15) is 17.9 Å². The van der Waals surface area contributed by atoms with Gasteiger partial charge in [0.2, 0.25) is 0 Å². The largest absolute Gasteiger partial charge is 0.480 e. The third-order valence-corrected chi connectivity index (χ3v) is 3.48. The third-order valence-electron chi connectivity index (χ3n) is 3.48. The zero-order valence-electron chi connectivity index (χ0n) is 11.6. The number of aliphatic carboxylic acids is 1. The average Bonchev–Trinajstić information content (AvgIpc) is 3.17. The number of rotatable bonds is 5. The molecule has 0 spiro atoms. The van der Waals surface area contributed by atoms with Crippen molar-refractivity contribution in [1.29, 1.82) is 0 Å². The molecule has 0 saturated heterocycles. The summed E-state index contributed by atoms with van der Waals surface area (Å²) in [7, 11) is 0. The summed E-state index contributed by atoms with van der Waals surface area (Å²) in [6.45, 7) is -0.400. The van der Waals surface area contributed by atoms with Crippen LogP contribution < -0.4 is 5.56 Å². The lowest BCUT2D eigenvalue weighted by molar-refractivity contribution is -0.137. The van der Waals surface area contributed by atoms with E-state index < -0.39 is 24.0 Å². The molecule has 2 aromatic rings. The number of hydrogen-bond acceptors (Lipinski definition) is 4. The number of amides is 1. The molecule has 1 amide bonds. The summed E-state index contributed by atoms with van der Waals surface area (Å²) in [4.78, 5) is 39.2. The van der Waals surface area contributed by atoms with Crippen molar-refractivity contribution in [1.82, 2.24) is 9.88 Å². The third kappa shape index (κ3) is 2.78. The number of aromatic amines is 1. The number of carbonyl (C=O) groups is 2. The number of pyridine rings is 1. The average molecular weight is 302 g/mol. The molecule has 1 saturated carbocycles. The monoisotopic (exact) mass is 302 g/mol. The number of H-pyrrole nitrogens is 1. The Hall–Kier alpha value is -2.83. The van der Waals surface area contributed by atoms with Gasteiger partial charge >= 0.3 is 5.97 Å². The molecule has 22 heavy (non-hydrogen) atoms. The first-order chi connectivity index (χ1) is 10.6. The van der Waals surface area contributed by atoms with E-state index in [0.29, 0.717) is 11.5 Å². The molecular formula is C15H14N2O5. The number of carboxylic acids is 1. The Morgan fingerprint density at radius 1 is 1.32 bits per heavy atom. The van der Waals surface area contributed by atoms with Crippen LogP contribution in [0, 0.1) is 0 Å². The zero-order valence-corrected chi connectivity index (χ0v) is 11.6. The number of aromatic nitrogens is 1. The fourth-order valence-corrected chi connectivity index (χ4v) is 2.27. The Bertz CT molecular complexity index is 758. The van der Waals surface area contributed by atoms with Gasteiger partial charge < -0.3 is 19.4 Å². The van der Waals surface area contributed by atoms with Crippen molar-refractivity contribution < 1.29 is 19.1 Å². The van der Waals surface area contributed by atoms with Gasteiger partial charge in [0.25, 0.3) is 11.5 Å². The van der Waals surface area contributed by atoms with Crippen LogP contribution in [0.5, 0.6) is 0 Å². The van der Waals surface area contributed by atoms with Crippen molar-refractivity contribution in [2.75, 3.05) is 6.54 Å². The Balaban J connectivity index is 1.89. The summed E-state index contributed by atoms with van der Waals surface area (Å²) >= 11 is 0. The van der Waals surface area contributed by atoms with Gasteiger partial charge in [-0.15, -0.1) is 0 Å². The van der Waals surface area contributed by atoms with Crippen LogP contribution in [0.3, 0.4) is 0 Å². The maximum atomic E-state index is 12.4. The van der Waals surface area contributed by atoms with Crippen LogP contribution in [0.25, 0.3) is 11.5 Å². The second-order valence-corrected chi connectivity index (χ2v) is 5.15. The summed E-state index contributed by atoms with van der Waals surface area (Å²) in [6, 6.07) is 6.25. The second kappa shape index (κ2) is 5.51. The number of carbonyl (C=O) groups excluding carboxylic acids is 1. The fourth-order valence-electron chi connectivity index (χ4n) is 2.27. The number of carboxylic acid groups (broad SMARTS) is 1. The molecule has 3 rings (SSSR count). The van der Waals surface area contributed by atoms with Gasteiger partial charge in [-0.05, 0) is 37.1 Å². The Labute approximate surface area is 125 Å². The molecule has 114 valence electrons. The first kappa shape index (κ1) is 14.1. The van der Waals surface area contributed by atoms with Crippen LogP contribution in [-0.4, -0.2) is 39.5 Å². The van der Waals surface area contributed by atoms with Crippen molar-refractivity contribution in [2.24, 2.45) is 0 Å². The van der Waals surface area contributed by atoms with Crippen LogP contribution >= 0.6 is 0 Å². The molecule has 0 atom stereocenters. The molecule has 0 bridgehead atoms. The summed E-state index contributed by atoms with van der Waals surface area (Å²) < 4.78 is 5.18. The Kier molecular flexibility index (Phi) is 3.54. The minimum atomic E-state index is -1.09. The fraction of sp³-hybridized carbons (Fsp3) is 0.267. The van der Waals surface area contributed by atoms with Gasteiger partial charge in [0, 0.05) is 6.04 Å². The van der Waals surface area contributed by atoms with E-state index in [2.05, 4.69) is 4.98 Å². The molecule has 1 fully saturated rings. The molecule has 1 aliphatic rings. The SMILES string of the molecule is O=C(O)CN(C(=O)c1ccc(-c2ccco2)[nH]c1=O)C1CC1. The molecule has 7 nitrogen and oxygen atoms in total. The summed E-state index contributed by atoms with van der Waals surface area (Å²) in [6.07, 6.45) is 3.01. The Morgan fingerprint density at radius 2 is 2.09 bits per heavy atom. The quantitative estimate of drug-likeness (QED) is 0.867. The molecule has 0 aromatic carbocycles. The van der Waals surface area contributed by atoms with Crippen LogP contribution in [0.2, 0.25) is 0 Å². The van der Waals surface area contributed by atoms with Gasteiger partial charge in [-0.2, -0.15) is 0 Å². The summed E-state index contributed by atoms with van der Waals surface area (Å²) in [5, 5.41) is 8.90. The molecule has 0 radical (unpaired) electrons. The normalized spacial score (nSPS) is 13.8. The van der Waals surface area contributed by atoms with E-state index in [1.54, 1.807) is 18.2 Å². The summed E-state index contributed by atoms with van der Waals surface area (Å²) in [5.41, 5.74) is -0.166. The molecule has 7 heteroatoms. The maximum Gasteiger partial charge on any atom is 0.323 e. The lowest BCUT2D eigenvalue weighted by atomic mass is 10.2. The van der Waals surface area contributed by atoms with E-state index in [0.717, 1.165) is 12.8 Å². The lowest BCUT2D eigenvalue weighted by Gasteiger charge is -2.19. The van der Waals surface area contributed by atoms with E-state index in [1.807, 2.05) is 0 Å². The molecular weight excluding hydrogens is 288 g/mol. The van der Waals surface area contributed by atoms with Gasteiger partial charge in [0.15, 0.2) is 0 Å². The molecule has 2 aromatic heterocycles. The van der Waals surface area contributed by atoms with Gasteiger partial charge in [-0.1, -0.05) is 0 Å². The Morgan fingerprint density at radius 3 is 2.64 bits per heavy atom. The van der Waals surface area contributed by atoms with Gasteiger partial charge in [-0.3, -0.25) is 14.4 Å². The lowest BCUT2D eigenvalue weighted by Crippen LogP contribution is -2.39. The highest BCUT2D eigenvalue weighted by molar-refractivity contribution is 5.96. The molecule has 0 unspecified atom stereocenters. The van der Waals surface area contributed by atoms with E-state index >= 15 is 0 Å². The van der Waals surface area contributed by atoms with Crippen LogP contribution in [-0.2, 0) is 4.79 Å². The summed E-state index contributed by atoms with van der Waals surface area (Å²) in [5.74, 6) is -1.17. The van der Waals surface area contributed by atoms with Crippen LogP contribution in [0.4, 0.5) is 0 Å². The highest BCUT2D eigenvalue weighted by atomic mass is 16.4.